The Balaban J connectivity index is 1.40. The topological polar surface area (TPSA) is 68.5 Å². The molecule has 3 unspecified atom stereocenters. The Morgan fingerprint density at radius 1 is 1.26 bits per heavy atom. The number of likely N-dealkylation sites (tertiary alicyclic amines) is 1. The van der Waals surface area contributed by atoms with Gasteiger partial charge in [-0.05, 0) is 67.6 Å². The lowest BCUT2D eigenvalue weighted by molar-refractivity contribution is -0.170. The number of ether oxygens (including phenoxy) is 1. The van der Waals surface area contributed by atoms with Gasteiger partial charge in [0, 0.05) is 44.8 Å². The van der Waals surface area contributed by atoms with E-state index in [4.69, 9.17) is 10.5 Å². The zero-order chi connectivity index (χ0) is 18.6. The lowest BCUT2D eigenvalue weighted by Gasteiger charge is -2.55. The summed E-state index contributed by atoms with van der Waals surface area (Å²) in [5.74, 6) is 3.49. The van der Waals surface area contributed by atoms with E-state index in [9.17, 15) is 4.79 Å². The first-order chi connectivity index (χ1) is 13.1. The number of hydrogen-bond acceptors (Lipinski definition) is 4. The zero-order valence-electron chi connectivity index (χ0n) is 16.3. The van der Waals surface area contributed by atoms with Gasteiger partial charge in [0.05, 0.1) is 0 Å². The summed E-state index contributed by atoms with van der Waals surface area (Å²) in [5.41, 5.74) is 6.61. The highest BCUT2D eigenvalue weighted by Crippen LogP contribution is 2.55. The van der Waals surface area contributed by atoms with Crippen molar-refractivity contribution in [2.24, 2.45) is 35.3 Å². The highest BCUT2D eigenvalue weighted by molar-refractivity contribution is 5.90. The van der Waals surface area contributed by atoms with E-state index in [0.717, 1.165) is 36.4 Å². The van der Waals surface area contributed by atoms with E-state index in [0.29, 0.717) is 17.5 Å². The summed E-state index contributed by atoms with van der Waals surface area (Å²) in [4.78, 5) is 18.5. The van der Waals surface area contributed by atoms with Gasteiger partial charge in [0.2, 0.25) is 0 Å². The maximum absolute atomic E-state index is 11.7. The van der Waals surface area contributed by atoms with Crippen LogP contribution >= 0.6 is 0 Å². The van der Waals surface area contributed by atoms with Crippen LogP contribution in [0.15, 0.2) is 18.3 Å². The van der Waals surface area contributed by atoms with E-state index in [1.807, 2.05) is 19.2 Å². The van der Waals surface area contributed by atoms with E-state index in [-0.39, 0.29) is 5.60 Å². The molecule has 2 bridgehead atoms. The normalized spacial score (nSPS) is 40.6. The Morgan fingerprint density at radius 2 is 1.96 bits per heavy atom. The molecule has 0 spiro atoms. The third-order valence-electron chi connectivity index (χ3n) is 7.93. The van der Waals surface area contributed by atoms with Crippen molar-refractivity contribution in [3.05, 3.63) is 29.6 Å². The highest BCUT2D eigenvalue weighted by atomic mass is 16.5. The molecule has 3 aliphatic carbocycles. The second-order valence-electron chi connectivity index (χ2n) is 9.43. The van der Waals surface area contributed by atoms with Gasteiger partial charge >= 0.3 is 0 Å². The van der Waals surface area contributed by atoms with Gasteiger partial charge in [-0.25, -0.2) is 0 Å². The number of primary amides is 1. The molecule has 1 aromatic heterocycles. The van der Waals surface area contributed by atoms with Gasteiger partial charge < -0.3 is 15.4 Å². The molecule has 0 aromatic carbocycles. The minimum atomic E-state index is -0.467. The van der Waals surface area contributed by atoms with E-state index in [2.05, 4.69) is 9.88 Å². The highest BCUT2D eigenvalue weighted by Gasteiger charge is 2.54. The summed E-state index contributed by atoms with van der Waals surface area (Å²) in [6.07, 6.45) is 9.77. The molecule has 1 aliphatic heterocycles. The number of amides is 1. The Bertz CT molecular complexity index is 712. The van der Waals surface area contributed by atoms with Gasteiger partial charge in [0.15, 0.2) is 0 Å². The summed E-state index contributed by atoms with van der Waals surface area (Å²) >= 11 is 0. The minimum absolute atomic E-state index is 0.306. The first-order valence-electron chi connectivity index (χ1n) is 10.6. The lowest BCUT2D eigenvalue weighted by Crippen LogP contribution is -2.59. The van der Waals surface area contributed by atoms with E-state index < -0.39 is 5.91 Å². The SMILES string of the molecule is COC1(c2ccnc(C(N)=O)c2)C2CCCC1CN(C[C@H]1CC3C[C@@H]3C1)C2. The fourth-order valence-electron chi connectivity index (χ4n) is 6.76. The van der Waals surface area contributed by atoms with Crippen molar-refractivity contribution in [1.82, 2.24) is 9.88 Å². The summed E-state index contributed by atoms with van der Waals surface area (Å²) in [7, 11) is 1.84. The number of carbonyl (C=O) groups is 1. The van der Waals surface area contributed by atoms with Crippen molar-refractivity contribution in [2.45, 2.75) is 44.1 Å². The maximum atomic E-state index is 11.7. The van der Waals surface area contributed by atoms with Crippen LogP contribution in [0.5, 0.6) is 0 Å². The molecule has 3 saturated carbocycles. The van der Waals surface area contributed by atoms with Crippen LogP contribution in [0.3, 0.4) is 0 Å². The fourth-order valence-corrected chi connectivity index (χ4v) is 6.76. The number of nitrogens with zero attached hydrogens (tertiary/aromatic N) is 2. The van der Waals surface area contributed by atoms with Crippen molar-refractivity contribution in [3.8, 4) is 0 Å². The van der Waals surface area contributed by atoms with Crippen LogP contribution in [0.2, 0.25) is 0 Å². The van der Waals surface area contributed by atoms with Crippen LogP contribution in [0.1, 0.15) is 54.6 Å². The number of aromatic nitrogens is 1. The number of piperidine rings is 1. The van der Waals surface area contributed by atoms with Crippen LogP contribution in [0.25, 0.3) is 0 Å². The van der Waals surface area contributed by atoms with Crippen LogP contribution in [0, 0.1) is 29.6 Å². The summed E-state index contributed by atoms with van der Waals surface area (Å²) in [6.45, 7) is 3.47. The largest absolute Gasteiger partial charge is 0.373 e. The fraction of sp³-hybridized carbons (Fsp3) is 0.727. The Labute approximate surface area is 161 Å². The molecule has 1 saturated heterocycles. The lowest BCUT2D eigenvalue weighted by atomic mass is 9.62. The minimum Gasteiger partial charge on any atom is -0.373 e. The van der Waals surface area contributed by atoms with E-state index in [1.54, 1.807) is 6.20 Å². The predicted octanol–water partition coefficient (Wildman–Crippen LogP) is 2.80. The van der Waals surface area contributed by atoms with Gasteiger partial charge in [-0.15, -0.1) is 0 Å². The van der Waals surface area contributed by atoms with Crippen molar-refractivity contribution in [2.75, 3.05) is 26.7 Å². The number of rotatable bonds is 5. The molecule has 5 atom stereocenters. The number of nitrogens with two attached hydrogens (primary N) is 1. The third kappa shape index (κ3) is 2.90. The van der Waals surface area contributed by atoms with Crippen molar-refractivity contribution < 1.29 is 9.53 Å². The monoisotopic (exact) mass is 369 g/mol. The van der Waals surface area contributed by atoms with Crippen molar-refractivity contribution in [3.63, 3.8) is 0 Å². The summed E-state index contributed by atoms with van der Waals surface area (Å²) in [5, 5.41) is 0. The second-order valence-corrected chi connectivity index (χ2v) is 9.43. The molecule has 1 amide bonds. The Morgan fingerprint density at radius 3 is 2.59 bits per heavy atom. The summed E-state index contributed by atoms with van der Waals surface area (Å²) in [6, 6.07) is 3.90. The van der Waals surface area contributed by atoms with Crippen molar-refractivity contribution in [1.29, 1.82) is 0 Å². The number of hydrogen-bond donors (Lipinski definition) is 1. The molecule has 4 aliphatic rings. The number of methoxy groups -OCH3 is 1. The van der Waals surface area contributed by atoms with Gasteiger partial charge in [-0.2, -0.15) is 0 Å². The Hall–Kier alpha value is -1.46. The average molecular weight is 370 g/mol. The zero-order valence-corrected chi connectivity index (χ0v) is 16.3. The second kappa shape index (κ2) is 6.56. The standard InChI is InChI=1S/C22H31N3O2/c1-27-22(17-5-6-24-20(10-17)21(23)26)18-3-2-4-19(22)13-25(12-18)11-14-7-15-9-16(15)8-14/h5-6,10,14-16,18-19H,2-4,7-9,11-13H2,1H3,(H2,23,26)/t14-,15+,16?,18?,19?,22?/m1/s1. The number of fused-ring (bicyclic) bond motifs is 3. The molecule has 4 fully saturated rings. The van der Waals surface area contributed by atoms with E-state index >= 15 is 0 Å². The molecule has 27 heavy (non-hydrogen) atoms. The van der Waals surface area contributed by atoms with Gasteiger partial charge in [-0.3, -0.25) is 9.78 Å². The molecular weight excluding hydrogens is 338 g/mol. The first kappa shape index (κ1) is 17.6. The van der Waals surface area contributed by atoms with Gasteiger partial charge in [-0.1, -0.05) is 6.42 Å². The van der Waals surface area contributed by atoms with Crippen LogP contribution in [-0.2, 0) is 10.3 Å². The Kier molecular flexibility index (Phi) is 4.28. The van der Waals surface area contributed by atoms with E-state index in [1.165, 1.54) is 45.1 Å². The molecule has 1 aromatic rings. The van der Waals surface area contributed by atoms with Gasteiger partial charge in [0.25, 0.3) is 5.91 Å². The van der Waals surface area contributed by atoms with Crippen LogP contribution < -0.4 is 5.73 Å². The third-order valence-corrected chi connectivity index (χ3v) is 7.93. The molecule has 146 valence electrons. The van der Waals surface area contributed by atoms with Crippen LogP contribution in [0.4, 0.5) is 0 Å². The molecule has 2 N–H and O–H groups in total. The number of carbonyl (C=O) groups excluding carboxylic acids is 1. The molecule has 2 heterocycles. The molecule has 5 nitrogen and oxygen atoms in total. The smallest absolute Gasteiger partial charge is 0.267 e. The van der Waals surface area contributed by atoms with Crippen molar-refractivity contribution >= 4 is 5.91 Å². The molecular formula is C22H31N3O2. The van der Waals surface area contributed by atoms with Gasteiger partial charge in [0.1, 0.15) is 11.3 Å². The predicted molar refractivity (Wildman–Crippen MR) is 103 cm³/mol. The maximum Gasteiger partial charge on any atom is 0.267 e. The average Bonchev–Trinajstić information content (AvgIpc) is 3.27. The molecule has 5 rings (SSSR count). The quantitative estimate of drug-likeness (QED) is 0.867. The molecule has 0 radical (unpaired) electrons. The van der Waals surface area contributed by atoms with Crippen LogP contribution in [-0.4, -0.2) is 42.5 Å². The molecule has 5 heteroatoms. The first-order valence-corrected chi connectivity index (χ1v) is 10.6. The number of pyridine rings is 1. The summed E-state index contributed by atoms with van der Waals surface area (Å²) < 4.78 is 6.30.